The summed E-state index contributed by atoms with van der Waals surface area (Å²) < 4.78 is 1.90. The summed E-state index contributed by atoms with van der Waals surface area (Å²) in [5.41, 5.74) is 1.84. The highest BCUT2D eigenvalue weighted by Crippen LogP contribution is 2.29. The molecule has 0 aliphatic rings. The molecule has 0 spiro atoms. The van der Waals surface area contributed by atoms with Crippen molar-refractivity contribution in [3.05, 3.63) is 56.4 Å². The van der Waals surface area contributed by atoms with Gasteiger partial charge in [-0.2, -0.15) is 0 Å². The normalized spacial score (nSPS) is 10.9. The fourth-order valence-corrected chi connectivity index (χ4v) is 3.77. The molecule has 0 unspecified atom stereocenters. The minimum absolute atomic E-state index is 0.153. The van der Waals surface area contributed by atoms with E-state index >= 15 is 0 Å². The molecule has 1 aromatic carbocycles. The first-order valence-electron chi connectivity index (χ1n) is 6.54. The van der Waals surface area contributed by atoms with E-state index in [2.05, 4.69) is 10.2 Å². The predicted molar refractivity (Wildman–Crippen MR) is 92.0 cm³/mol. The lowest BCUT2D eigenvalue weighted by atomic mass is 10.2. The van der Waals surface area contributed by atoms with Gasteiger partial charge in [0.25, 0.3) is 0 Å². The quantitative estimate of drug-likeness (QED) is 0.380. The molecule has 0 fully saturated rings. The minimum Gasteiger partial charge on any atom is -0.305 e. The van der Waals surface area contributed by atoms with Crippen molar-refractivity contribution in [3.63, 3.8) is 0 Å². The number of hydrogen-bond acceptors (Lipinski definition) is 6. The second-order valence-electron chi connectivity index (χ2n) is 4.71. The van der Waals surface area contributed by atoms with Gasteiger partial charge in [-0.3, -0.25) is 10.1 Å². The minimum atomic E-state index is -0.375. The maximum Gasteiger partial charge on any atom is 0.324 e. The highest BCUT2D eigenvalue weighted by Gasteiger charge is 2.13. The third-order valence-electron chi connectivity index (χ3n) is 3.13. The maximum absolute atomic E-state index is 10.7. The Bertz CT molecular complexity index is 845. The van der Waals surface area contributed by atoms with Gasteiger partial charge in [0.15, 0.2) is 11.0 Å². The standard InChI is InChI=1S/C14H11ClN4O2S2/c1-18-13(10-2-4-11(15)5-3-10)16-17-14(18)23-8-9-6-12(19(20)21)22-7-9/h2-7H,8H2,1H3. The van der Waals surface area contributed by atoms with Crippen LogP contribution < -0.4 is 0 Å². The van der Waals surface area contributed by atoms with Crippen molar-refractivity contribution < 1.29 is 4.92 Å². The SMILES string of the molecule is Cn1c(SCc2csc([N+](=O)[O-])c2)nnc1-c1ccc(Cl)cc1. The average molecular weight is 367 g/mol. The van der Waals surface area contributed by atoms with Crippen molar-refractivity contribution in [1.82, 2.24) is 14.8 Å². The average Bonchev–Trinajstić information content (AvgIpc) is 3.13. The largest absolute Gasteiger partial charge is 0.324 e. The number of nitrogens with zero attached hydrogens (tertiary/aromatic N) is 4. The number of thioether (sulfide) groups is 1. The first-order chi connectivity index (χ1) is 11.0. The molecule has 3 rings (SSSR count). The fraction of sp³-hybridized carbons (Fsp3) is 0.143. The van der Waals surface area contributed by atoms with E-state index in [1.165, 1.54) is 11.8 Å². The van der Waals surface area contributed by atoms with E-state index in [9.17, 15) is 10.1 Å². The Balaban J connectivity index is 1.74. The summed E-state index contributed by atoms with van der Waals surface area (Å²) in [5, 5.41) is 22.5. The van der Waals surface area contributed by atoms with Crippen molar-refractivity contribution in [2.24, 2.45) is 7.05 Å². The van der Waals surface area contributed by atoms with Crippen molar-refractivity contribution in [3.8, 4) is 11.4 Å². The topological polar surface area (TPSA) is 73.8 Å². The zero-order valence-corrected chi connectivity index (χ0v) is 14.4. The zero-order valence-electron chi connectivity index (χ0n) is 12.0. The smallest absolute Gasteiger partial charge is 0.305 e. The molecule has 0 amide bonds. The van der Waals surface area contributed by atoms with Gasteiger partial charge in [-0.1, -0.05) is 34.7 Å². The molecule has 0 aliphatic carbocycles. The van der Waals surface area contributed by atoms with E-state index in [1.54, 1.807) is 11.4 Å². The molecular formula is C14H11ClN4O2S2. The Morgan fingerprint density at radius 1 is 1.35 bits per heavy atom. The molecule has 0 saturated carbocycles. The fourth-order valence-electron chi connectivity index (χ4n) is 1.97. The number of hydrogen-bond donors (Lipinski definition) is 0. The molecule has 0 radical (unpaired) electrons. The third kappa shape index (κ3) is 3.54. The van der Waals surface area contributed by atoms with Crippen LogP contribution in [0.4, 0.5) is 5.00 Å². The molecule has 118 valence electrons. The van der Waals surface area contributed by atoms with Crippen molar-refractivity contribution in [2.45, 2.75) is 10.9 Å². The van der Waals surface area contributed by atoms with E-state index in [4.69, 9.17) is 11.6 Å². The van der Waals surface area contributed by atoms with Gasteiger partial charge in [-0.25, -0.2) is 0 Å². The lowest BCUT2D eigenvalue weighted by molar-refractivity contribution is -0.380. The molecule has 3 aromatic rings. The lowest BCUT2D eigenvalue weighted by Crippen LogP contribution is -1.94. The van der Waals surface area contributed by atoms with Crippen LogP contribution in [0.2, 0.25) is 5.02 Å². The molecule has 2 aromatic heterocycles. The monoisotopic (exact) mass is 366 g/mol. The van der Waals surface area contributed by atoms with E-state index < -0.39 is 0 Å². The Labute approximate surface area is 145 Å². The first kappa shape index (κ1) is 16.0. The van der Waals surface area contributed by atoms with Crippen LogP contribution in [0, 0.1) is 10.1 Å². The Kier molecular flexibility index (Phi) is 4.65. The number of rotatable bonds is 5. The number of nitro groups is 1. The van der Waals surface area contributed by atoms with Crippen LogP contribution in [0.15, 0.2) is 40.9 Å². The second kappa shape index (κ2) is 6.69. The van der Waals surface area contributed by atoms with E-state index in [-0.39, 0.29) is 9.92 Å². The van der Waals surface area contributed by atoms with Crippen LogP contribution in [0.5, 0.6) is 0 Å². The van der Waals surface area contributed by atoms with Crippen molar-refractivity contribution in [2.75, 3.05) is 0 Å². The number of aromatic nitrogens is 3. The second-order valence-corrected chi connectivity index (χ2v) is 6.98. The molecule has 0 saturated heterocycles. The Morgan fingerprint density at radius 3 is 2.74 bits per heavy atom. The Morgan fingerprint density at radius 2 is 2.09 bits per heavy atom. The maximum atomic E-state index is 10.7. The molecule has 0 bridgehead atoms. The summed E-state index contributed by atoms with van der Waals surface area (Å²) in [4.78, 5) is 10.3. The first-order valence-corrected chi connectivity index (χ1v) is 8.79. The predicted octanol–water partition coefficient (Wildman–Crippen LogP) is 4.40. The van der Waals surface area contributed by atoms with Crippen molar-refractivity contribution >= 4 is 39.7 Å². The molecule has 23 heavy (non-hydrogen) atoms. The van der Waals surface area contributed by atoms with Crippen LogP contribution in [0.1, 0.15) is 5.56 Å². The molecule has 2 heterocycles. The lowest BCUT2D eigenvalue weighted by Gasteiger charge is -2.03. The summed E-state index contributed by atoms with van der Waals surface area (Å²) in [5.74, 6) is 1.36. The highest BCUT2D eigenvalue weighted by atomic mass is 35.5. The molecule has 0 N–H and O–H groups in total. The molecule has 6 nitrogen and oxygen atoms in total. The van der Waals surface area contributed by atoms with Gasteiger partial charge in [0.2, 0.25) is 0 Å². The Hall–Kier alpha value is -1.90. The van der Waals surface area contributed by atoms with Crippen LogP contribution in [0.3, 0.4) is 0 Å². The van der Waals surface area contributed by atoms with Crippen molar-refractivity contribution in [1.29, 1.82) is 0 Å². The molecule has 0 aliphatic heterocycles. The van der Waals surface area contributed by atoms with Crippen LogP contribution in [-0.2, 0) is 12.8 Å². The summed E-state index contributed by atoms with van der Waals surface area (Å²) in [6.07, 6.45) is 0. The summed E-state index contributed by atoms with van der Waals surface area (Å²) >= 11 is 8.52. The molecule has 0 atom stereocenters. The van der Waals surface area contributed by atoms with Gasteiger partial charge >= 0.3 is 5.00 Å². The van der Waals surface area contributed by atoms with Crippen LogP contribution in [0.25, 0.3) is 11.4 Å². The third-order valence-corrected chi connectivity index (χ3v) is 5.40. The van der Waals surface area contributed by atoms with Gasteiger partial charge in [0.1, 0.15) is 0 Å². The summed E-state index contributed by atoms with van der Waals surface area (Å²) in [6, 6.07) is 8.99. The van der Waals surface area contributed by atoms with Crippen LogP contribution >= 0.6 is 34.7 Å². The number of benzene rings is 1. The van der Waals surface area contributed by atoms with Gasteiger partial charge in [0, 0.05) is 34.8 Å². The van der Waals surface area contributed by atoms with E-state index in [0.717, 1.165) is 33.4 Å². The number of thiophene rings is 1. The molecular weight excluding hydrogens is 356 g/mol. The molecule has 9 heteroatoms. The van der Waals surface area contributed by atoms with Gasteiger partial charge < -0.3 is 4.57 Å². The highest BCUT2D eigenvalue weighted by molar-refractivity contribution is 7.98. The van der Waals surface area contributed by atoms with E-state index in [0.29, 0.717) is 10.8 Å². The van der Waals surface area contributed by atoms with Gasteiger partial charge in [-0.15, -0.1) is 10.2 Å². The summed E-state index contributed by atoms with van der Waals surface area (Å²) in [7, 11) is 1.89. The van der Waals surface area contributed by atoms with Gasteiger partial charge in [-0.05, 0) is 29.8 Å². The summed E-state index contributed by atoms with van der Waals surface area (Å²) in [6.45, 7) is 0. The van der Waals surface area contributed by atoms with Crippen LogP contribution in [-0.4, -0.2) is 19.7 Å². The van der Waals surface area contributed by atoms with E-state index in [1.807, 2.05) is 35.9 Å². The number of halogens is 1. The van der Waals surface area contributed by atoms with Gasteiger partial charge in [0.05, 0.1) is 4.92 Å². The zero-order chi connectivity index (χ0) is 16.4.